The number of benzene rings is 1. The van der Waals surface area contributed by atoms with Gasteiger partial charge in [0.05, 0.1) is 24.2 Å². The number of fused-ring (bicyclic) bond motifs is 2. The van der Waals surface area contributed by atoms with Gasteiger partial charge in [-0.3, -0.25) is 9.78 Å². The number of hydrogen-bond acceptors (Lipinski definition) is 9. The van der Waals surface area contributed by atoms with Crippen LogP contribution in [0.5, 0.6) is 0 Å². The Morgan fingerprint density at radius 3 is 2.84 bits per heavy atom. The standard InChI is InChI=1S/C27H30N8O3/c1-4-38-27(37)21-14-34-10-11-35(15-24(34)33-21)23-12-22(31-16-32-23)30-13-17(2)18-6-5-7-19-20(26(36)28-3)8-9-29-25(18)19/h5-9,12,14,16-17H,4,10-11,13,15H2,1-3H3,(H,28,36)(H,30,31,32)/t17-/m1/s1. The smallest absolute Gasteiger partial charge is 0.358 e. The lowest BCUT2D eigenvalue weighted by molar-refractivity contribution is 0.0519. The van der Waals surface area contributed by atoms with Gasteiger partial charge in [-0.1, -0.05) is 25.1 Å². The molecule has 0 spiro atoms. The zero-order valence-corrected chi connectivity index (χ0v) is 21.6. The molecule has 11 heteroatoms. The van der Waals surface area contributed by atoms with Gasteiger partial charge in [0.25, 0.3) is 5.91 Å². The zero-order chi connectivity index (χ0) is 26.6. The number of aromatic nitrogens is 5. The third kappa shape index (κ3) is 4.99. The number of carbonyl (C=O) groups excluding carboxylic acids is 2. The molecule has 0 saturated carbocycles. The first-order valence-electron chi connectivity index (χ1n) is 12.6. The van der Waals surface area contributed by atoms with E-state index in [0.29, 0.717) is 43.3 Å². The lowest BCUT2D eigenvalue weighted by Crippen LogP contribution is -2.34. The molecule has 3 aromatic heterocycles. The number of pyridine rings is 1. The van der Waals surface area contributed by atoms with Gasteiger partial charge in [-0.15, -0.1) is 0 Å². The first kappa shape index (κ1) is 25.1. The van der Waals surface area contributed by atoms with Crippen molar-refractivity contribution in [3.8, 4) is 0 Å². The molecule has 0 unspecified atom stereocenters. The summed E-state index contributed by atoms with van der Waals surface area (Å²) in [6.45, 7) is 6.78. The average molecular weight is 515 g/mol. The summed E-state index contributed by atoms with van der Waals surface area (Å²) >= 11 is 0. The summed E-state index contributed by atoms with van der Waals surface area (Å²) in [7, 11) is 1.62. The molecule has 4 heterocycles. The number of para-hydroxylation sites is 1. The fourth-order valence-electron chi connectivity index (χ4n) is 4.66. The van der Waals surface area contributed by atoms with Crippen LogP contribution >= 0.6 is 0 Å². The maximum absolute atomic E-state index is 12.3. The summed E-state index contributed by atoms with van der Waals surface area (Å²) < 4.78 is 7.06. The number of carbonyl (C=O) groups is 2. The summed E-state index contributed by atoms with van der Waals surface area (Å²) in [5, 5.41) is 6.94. The molecule has 1 aliphatic rings. The topological polar surface area (TPSA) is 127 Å². The maximum Gasteiger partial charge on any atom is 0.358 e. The Labute approximate surface area is 220 Å². The van der Waals surface area contributed by atoms with Gasteiger partial charge in [0, 0.05) is 56.4 Å². The molecule has 38 heavy (non-hydrogen) atoms. The second-order valence-corrected chi connectivity index (χ2v) is 9.10. The van der Waals surface area contributed by atoms with Crippen LogP contribution in [0.2, 0.25) is 0 Å². The molecule has 1 atom stereocenters. The van der Waals surface area contributed by atoms with Crippen molar-refractivity contribution in [2.24, 2.45) is 0 Å². The number of hydrogen-bond donors (Lipinski definition) is 2. The van der Waals surface area contributed by atoms with Crippen molar-refractivity contribution in [1.29, 1.82) is 0 Å². The van der Waals surface area contributed by atoms with Gasteiger partial charge < -0.3 is 24.8 Å². The summed E-state index contributed by atoms with van der Waals surface area (Å²) in [6, 6.07) is 9.58. The van der Waals surface area contributed by atoms with E-state index < -0.39 is 5.97 Å². The van der Waals surface area contributed by atoms with Gasteiger partial charge in [-0.05, 0) is 18.6 Å². The Morgan fingerprint density at radius 2 is 2.03 bits per heavy atom. The van der Waals surface area contributed by atoms with E-state index in [-0.39, 0.29) is 11.8 Å². The van der Waals surface area contributed by atoms with Gasteiger partial charge in [0.15, 0.2) is 5.69 Å². The summed E-state index contributed by atoms with van der Waals surface area (Å²) in [4.78, 5) is 44.4. The largest absolute Gasteiger partial charge is 0.461 e. The van der Waals surface area contributed by atoms with E-state index in [1.165, 1.54) is 0 Å². The van der Waals surface area contributed by atoms with Gasteiger partial charge in [-0.2, -0.15) is 0 Å². The number of nitrogens with one attached hydrogen (secondary N) is 2. The molecule has 0 aliphatic carbocycles. The third-order valence-corrected chi connectivity index (χ3v) is 6.66. The normalized spacial score (nSPS) is 13.6. The fraction of sp³-hybridized carbons (Fsp3) is 0.333. The van der Waals surface area contributed by atoms with Crippen molar-refractivity contribution in [2.45, 2.75) is 32.9 Å². The Morgan fingerprint density at radius 1 is 1.16 bits per heavy atom. The van der Waals surface area contributed by atoms with Crippen LogP contribution < -0.4 is 15.5 Å². The van der Waals surface area contributed by atoms with Crippen LogP contribution in [-0.4, -0.2) is 63.1 Å². The van der Waals surface area contributed by atoms with Gasteiger partial charge in [0.2, 0.25) is 0 Å². The lowest BCUT2D eigenvalue weighted by Gasteiger charge is -2.28. The first-order chi connectivity index (χ1) is 18.5. The quantitative estimate of drug-likeness (QED) is 0.341. The number of amides is 1. The fourth-order valence-corrected chi connectivity index (χ4v) is 4.66. The number of anilines is 2. The highest BCUT2D eigenvalue weighted by atomic mass is 16.5. The minimum Gasteiger partial charge on any atom is -0.461 e. The molecule has 1 amide bonds. The first-order valence-corrected chi connectivity index (χ1v) is 12.6. The van der Waals surface area contributed by atoms with Crippen molar-refractivity contribution in [3.05, 3.63) is 71.7 Å². The molecule has 11 nitrogen and oxygen atoms in total. The maximum atomic E-state index is 12.3. The van der Waals surface area contributed by atoms with Crippen LogP contribution in [-0.2, 0) is 17.8 Å². The monoisotopic (exact) mass is 514 g/mol. The molecule has 196 valence electrons. The molecule has 1 aromatic carbocycles. The van der Waals surface area contributed by atoms with E-state index in [2.05, 4.69) is 42.4 Å². The van der Waals surface area contributed by atoms with E-state index in [4.69, 9.17) is 4.74 Å². The third-order valence-electron chi connectivity index (χ3n) is 6.66. The second kappa shape index (κ2) is 10.8. The van der Waals surface area contributed by atoms with E-state index >= 15 is 0 Å². The highest BCUT2D eigenvalue weighted by Crippen LogP contribution is 2.27. The van der Waals surface area contributed by atoms with Crippen LogP contribution in [0.25, 0.3) is 10.9 Å². The predicted octanol–water partition coefficient (Wildman–Crippen LogP) is 2.99. The average Bonchev–Trinajstić information content (AvgIpc) is 3.39. The molecule has 0 bridgehead atoms. The summed E-state index contributed by atoms with van der Waals surface area (Å²) in [6.07, 6.45) is 4.97. The van der Waals surface area contributed by atoms with Crippen molar-refractivity contribution < 1.29 is 14.3 Å². The number of esters is 1. The molecule has 0 saturated heterocycles. The van der Waals surface area contributed by atoms with Crippen molar-refractivity contribution >= 4 is 34.4 Å². The molecule has 5 rings (SSSR count). The molecule has 4 aromatic rings. The van der Waals surface area contributed by atoms with Gasteiger partial charge in [0.1, 0.15) is 23.8 Å². The Bertz CT molecular complexity index is 1480. The highest BCUT2D eigenvalue weighted by Gasteiger charge is 2.23. The summed E-state index contributed by atoms with van der Waals surface area (Å²) in [5.74, 6) is 1.85. The minimum absolute atomic E-state index is 0.105. The van der Waals surface area contributed by atoms with Crippen molar-refractivity contribution in [2.75, 3.05) is 37.0 Å². The van der Waals surface area contributed by atoms with Crippen molar-refractivity contribution in [3.63, 3.8) is 0 Å². The number of ether oxygens (including phenoxy) is 1. The predicted molar refractivity (Wildman–Crippen MR) is 143 cm³/mol. The minimum atomic E-state index is -0.408. The van der Waals surface area contributed by atoms with Crippen LogP contribution in [0.4, 0.5) is 11.6 Å². The SMILES string of the molecule is CCOC(=O)c1cn2c(n1)CN(c1cc(NC[C@@H](C)c3cccc4c(C(=O)NC)ccnc34)ncn1)CC2. The number of imidazole rings is 1. The number of rotatable bonds is 8. The zero-order valence-electron chi connectivity index (χ0n) is 21.6. The molecular formula is C27H30N8O3. The molecule has 0 radical (unpaired) electrons. The van der Waals surface area contributed by atoms with E-state index in [1.807, 2.05) is 28.8 Å². The van der Waals surface area contributed by atoms with Crippen LogP contribution in [0, 0.1) is 0 Å². The van der Waals surface area contributed by atoms with Gasteiger partial charge in [-0.25, -0.2) is 19.7 Å². The molecule has 2 N–H and O–H groups in total. The van der Waals surface area contributed by atoms with E-state index in [0.717, 1.165) is 34.7 Å². The molecule has 0 fully saturated rings. The van der Waals surface area contributed by atoms with E-state index in [1.54, 1.807) is 38.8 Å². The lowest BCUT2D eigenvalue weighted by atomic mass is 9.96. The van der Waals surface area contributed by atoms with Gasteiger partial charge >= 0.3 is 5.97 Å². The molecular weight excluding hydrogens is 484 g/mol. The summed E-state index contributed by atoms with van der Waals surface area (Å²) in [5.41, 5.74) is 2.80. The van der Waals surface area contributed by atoms with Crippen LogP contribution in [0.1, 0.15) is 52.0 Å². The number of nitrogens with zero attached hydrogens (tertiary/aromatic N) is 6. The molecule has 1 aliphatic heterocycles. The second-order valence-electron chi connectivity index (χ2n) is 9.10. The Hall–Kier alpha value is -4.54. The van der Waals surface area contributed by atoms with Crippen LogP contribution in [0.3, 0.4) is 0 Å². The highest BCUT2D eigenvalue weighted by molar-refractivity contribution is 6.06. The van der Waals surface area contributed by atoms with E-state index in [9.17, 15) is 9.59 Å². The Kier molecular flexibility index (Phi) is 7.16. The van der Waals surface area contributed by atoms with Crippen LogP contribution in [0.15, 0.2) is 49.1 Å². The van der Waals surface area contributed by atoms with Crippen molar-refractivity contribution in [1.82, 2.24) is 29.8 Å². The Balaban J connectivity index is 1.28.